The summed E-state index contributed by atoms with van der Waals surface area (Å²) in [5.74, 6) is 0.642. The first-order chi connectivity index (χ1) is 13.1. The number of ether oxygens (including phenoxy) is 1. The molecule has 1 aliphatic rings. The standard InChI is InChI=1S/C21H22ClN3O2/c22-19-3-1-2-18(14-19)15-24-10-12-25(13-11-24)21(26)16-27-20-6-4-17(5-7-20)8-9-23/h1-7,14H,8,10-13,15-16H2. The van der Waals surface area contributed by atoms with Crippen LogP contribution in [0, 0.1) is 11.3 Å². The van der Waals surface area contributed by atoms with Gasteiger partial charge in [-0.05, 0) is 35.4 Å². The van der Waals surface area contributed by atoms with Crippen LogP contribution in [0.5, 0.6) is 5.75 Å². The molecule has 6 heteroatoms. The molecule has 1 heterocycles. The minimum Gasteiger partial charge on any atom is -0.484 e. The van der Waals surface area contributed by atoms with Crippen molar-refractivity contribution in [2.24, 2.45) is 0 Å². The monoisotopic (exact) mass is 383 g/mol. The minimum absolute atomic E-state index is 0.00138. The van der Waals surface area contributed by atoms with E-state index >= 15 is 0 Å². The largest absolute Gasteiger partial charge is 0.484 e. The predicted molar refractivity (Wildman–Crippen MR) is 105 cm³/mol. The summed E-state index contributed by atoms with van der Waals surface area (Å²) in [7, 11) is 0. The van der Waals surface area contributed by atoms with Gasteiger partial charge in [0.05, 0.1) is 12.5 Å². The van der Waals surface area contributed by atoms with Crippen molar-refractivity contribution >= 4 is 17.5 Å². The Hall–Kier alpha value is -2.55. The van der Waals surface area contributed by atoms with Gasteiger partial charge in [0.15, 0.2) is 6.61 Å². The lowest BCUT2D eigenvalue weighted by molar-refractivity contribution is -0.135. The molecule has 1 amide bonds. The fourth-order valence-corrected chi connectivity index (χ4v) is 3.29. The third-order valence-corrected chi connectivity index (χ3v) is 4.82. The Bertz CT molecular complexity index is 809. The third kappa shape index (κ3) is 5.72. The van der Waals surface area contributed by atoms with Crippen LogP contribution in [0.1, 0.15) is 11.1 Å². The van der Waals surface area contributed by atoms with Gasteiger partial charge in [0.25, 0.3) is 5.91 Å². The Morgan fingerprint density at radius 3 is 2.48 bits per heavy atom. The zero-order chi connectivity index (χ0) is 19.1. The van der Waals surface area contributed by atoms with E-state index in [0.29, 0.717) is 25.3 Å². The molecule has 0 atom stereocenters. The summed E-state index contributed by atoms with van der Waals surface area (Å²) in [4.78, 5) is 16.5. The lowest BCUT2D eigenvalue weighted by Gasteiger charge is -2.34. The highest BCUT2D eigenvalue weighted by Crippen LogP contribution is 2.15. The molecule has 2 aromatic rings. The molecule has 0 radical (unpaired) electrons. The number of nitrogens with zero attached hydrogens (tertiary/aromatic N) is 3. The smallest absolute Gasteiger partial charge is 0.260 e. The first-order valence-corrected chi connectivity index (χ1v) is 9.35. The van der Waals surface area contributed by atoms with E-state index in [9.17, 15) is 4.79 Å². The molecule has 3 rings (SSSR count). The van der Waals surface area contributed by atoms with Crippen LogP contribution in [-0.2, 0) is 17.8 Å². The maximum atomic E-state index is 12.4. The molecule has 1 aliphatic heterocycles. The number of hydrogen-bond acceptors (Lipinski definition) is 4. The molecule has 2 aromatic carbocycles. The molecule has 1 fully saturated rings. The Balaban J connectivity index is 1.42. The van der Waals surface area contributed by atoms with Gasteiger partial charge in [-0.1, -0.05) is 35.9 Å². The van der Waals surface area contributed by atoms with Crippen LogP contribution in [0.25, 0.3) is 0 Å². The summed E-state index contributed by atoms with van der Waals surface area (Å²) < 4.78 is 5.59. The van der Waals surface area contributed by atoms with E-state index in [4.69, 9.17) is 21.6 Å². The normalized spacial score (nSPS) is 14.6. The third-order valence-electron chi connectivity index (χ3n) is 4.59. The van der Waals surface area contributed by atoms with Gasteiger partial charge in [-0.3, -0.25) is 9.69 Å². The van der Waals surface area contributed by atoms with Crippen molar-refractivity contribution < 1.29 is 9.53 Å². The average molecular weight is 384 g/mol. The molecule has 0 N–H and O–H groups in total. The lowest BCUT2D eigenvalue weighted by atomic mass is 10.2. The number of benzene rings is 2. The molecule has 5 nitrogen and oxygen atoms in total. The van der Waals surface area contributed by atoms with E-state index in [2.05, 4.69) is 17.0 Å². The summed E-state index contributed by atoms with van der Waals surface area (Å²) in [5, 5.41) is 9.43. The number of halogens is 1. The first kappa shape index (κ1) is 19.2. The van der Waals surface area contributed by atoms with Crippen LogP contribution in [0.3, 0.4) is 0 Å². The number of rotatable bonds is 6. The van der Waals surface area contributed by atoms with Crippen LogP contribution in [0.2, 0.25) is 5.02 Å². The van der Waals surface area contributed by atoms with Gasteiger partial charge < -0.3 is 9.64 Å². The van der Waals surface area contributed by atoms with Crippen molar-refractivity contribution in [3.63, 3.8) is 0 Å². The summed E-state index contributed by atoms with van der Waals surface area (Å²) in [5.41, 5.74) is 2.12. The highest BCUT2D eigenvalue weighted by molar-refractivity contribution is 6.30. The van der Waals surface area contributed by atoms with E-state index in [1.807, 2.05) is 35.2 Å². The molecule has 27 heavy (non-hydrogen) atoms. The Labute approximate surface area is 164 Å². The highest BCUT2D eigenvalue weighted by Gasteiger charge is 2.21. The van der Waals surface area contributed by atoms with Gasteiger partial charge >= 0.3 is 0 Å². The fraction of sp³-hybridized carbons (Fsp3) is 0.333. The second kappa shape index (κ2) is 9.40. The van der Waals surface area contributed by atoms with Crippen LogP contribution in [0.4, 0.5) is 0 Å². The second-order valence-electron chi connectivity index (χ2n) is 6.55. The van der Waals surface area contributed by atoms with Crippen molar-refractivity contribution in [1.82, 2.24) is 9.80 Å². The van der Waals surface area contributed by atoms with Gasteiger partial charge in [0.1, 0.15) is 5.75 Å². The highest BCUT2D eigenvalue weighted by atomic mass is 35.5. The quantitative estimate of drug-likeness (QED) is 0.769. The summed E-state index contributed by atoms with van der Waals surface area (Å²) in [6, 6.07) is 17.3. The van der Waals surface area contributed by atoms with E-state index in [1.165, 1.54) is 5.56 Å². The summed E-state index contributed by atoms with van der Waals surface area (Å²) in [6.07, 6.45) is 0.374. The second-order valence-corrected chi connectivity index (χ2v) is 6.99. The molecular weight excluding hydrogens is 362 g/mol. The number of carbonyl (C=O) groups excluding carboxylic acids is 1. The zero-order valence-electron chi connectivity index (χ0n) is 15.1. The van der Waals surface area contributed by atoms with Gasteiger partial charge in [-0.25, -0.2) is 0 Å². The Morgan fingerprint density at radius 1 is 1.07 bits per heavy atom. The SMILES string of the molecule is N#CCc1ccc(OCC(=O)N2CCN(Cc3cccc(Cl)c3)CC2)cc1. The molecule has 0 spiro atoms. The topological polar surface area (TPSA) is 56.6 Å². The number of piperazine rings is 1. The molecule has 1 saturated heterocycles. The van der Waals surface area contributed by atoms with Crippen molar-refractivity contribution in [1.29, 1.82) is 5.26 Å². The summed E-state index contributed by atoms with van der Waals surface area (Å²) >= 11 is 6.04. The average Bonchev–Trinajstić information content (AvgIpc) is 2.68. The predicted octanol–water partition coefficient (Wildman–Crippen LogP) is 3.13. The van der Waals surface area contributed by atoms with Crippen molar-refractivity contribution in [3.8, 4) is 11.8 Å². The maximum absolute atomic E-state index is 12.4. The minimum atomic E-state index is -0.00138. The van der Waals surface area contributed by atoms with Crippen molar-refractivity contribution in [2.75, 3.05) is 32.8 Å². The van der Waals surface area contributed by atoms with Crippen LogP contribution in [-0.4, -0.2) is 48.5 Å². The first-order valence-electron chi connectivity index (χ1n) is 8.97. The van der Waals surface area contributed by atoms with E-state index < -0.39 is 0 Å². The summed E-state index contributed by atoms with van der Waals surface area (Å²) in [6.45, 7) is 3.94. The number of nitriles is 1. The zero-order valence-corrected chi connectivity index (χ0v) is 15.9. The Kier molecular flexibility index (Phi) is 6.69. The molecule has 140 valence electrons. The molecule has 0 aliphatic carbocycles. The van der Waals surface area contributed by atoms with Crippen molar-refractivity contribution in [3.05, 3.63) is 64.7 Å². The van der Waals surface area contributed by atoms with Crippen LogP contribution < -0.4 is 4.74 Å². The van der Waals surface area contributed by atoms with Crippen LogP contribution in [0.15, 0.2) is 48.5 Å². The number of hydrogen-bond donors (Lipinski definition) is 0. The van der Waals surface area contributed by atoms with Gasteiger partial charge in [0.2, 0.25) is 0 Å². The van der Waals surface area contributed by atoms with E-state index in [1.54, 1.807) is 12.1 Å². The van der Waals surface area contributed by atoms with E-state index in [-0.39, 0.29) is 12.5 Å². The van der Waals surface area contributed by atoms with Gasteiger partial charge in [0, 0.05) is 37.7 Å². The number of carbonyl (C=O) groups is 1. The number of amides is 1. The maximum Gasteiger partial charge on any atom is 0.260 e. The van der Waals surface area contributed by atoms with Gasteiger partial charge in [-0.15, -0.1) is 0 Å². The molecule has 0 saturated carbocycles. The molecule has 0 bridgehead atoms. The van der Waals surface area contributed by atoms with E-state index in [0.717, 1.165) is 30.2 Å². The van der Waals surface area contributed by atoms with Gasteiger partial charge in [-0.2, -0.15) is 5.26 Å². The fourth-order valence-electron chi connectivity index (χ4n) is 3.08. The van der Waals surface area contributed by atoms with Crippen LogP contribution >= 0.6 is 11.6 Å². The van der Waals surface area contributed by atoms with Crippen molar-refractivity contribution in [2.45, 2.75) is 13.0 Å². The molecule has 0 aromatic heterocycles. The molecule has 0 unspecified atom stereocenters. The Morgan fingerprint density at radius 2 is 1.81 bits per heavy atom. The molecular formula is C21H22ClN3O2. The lowest BCUT2D eigenvalue weighted by Crippen LogP contribution is -2.49.